The molecule has 1 aromatic heterocycles. The molecule has 0 bridgehead atoms. The van der Waals surface area contributed by atoms with Crippen molar-refractivity contribution in [3.63, 3.8) is 0 Å². The zero-order chi connectivity index (χ0) is 18.5. The Hall–Kier alpha value is -2.51. The Morgan fingerprint density at radius 1 is 1.27 bits per heavy atom. The van der Waals surface area contributed by atoms with Crippen molar-refractivity contribution in [1.29, 1.82) is 0 Å². The number of rotatable bonds is 6. The van der Waals surface area contributed by atoms with Crippen LogP contribution in [0.2, 0.25) is 0 Å². The summed E-state index contributed by atoms with van der Waals surface area (Å²) in [5.74, 6) is -0.219. The highest BCUT2D eigenvalue weighted by atomic mass is 32.1. The van der Waals surface area contributed by atoms with Crippen LogP contribution >= 0.6 is 11.3 Å². The topological polar surface area (TPSA) is 52.8 Å². The first kappa shape index (κ1) is 18.3. The van der Waals surface area contributed by atoms with Crippen LogP contribution in [-0.2, 0) is 11.3 Å². The highest BCUT2D eigenvalue weighted by Crippen LogP contribution is 2.21. The standard InChI is InChI=1S/C19H19FN2O3S/c1-3-25-16-7-5-4-6-14(16)18(23)21-19-22(10-11-24-2)15-9-8-13(20)12-17(15)26-19/h4-9,12H,3,10-11H2,1-2H3. The molecule has 0 N–H and O–H groups in total. The Kier molecular flexibility index (Phi) is 5.80. The Labute approximate surface area is 154 Å². The van der Waals surface area contributed by atoms with Gasteiger partial charge in [0.1, 0.15) is 11.6 Å². The average Bonchev–Trinajstić information content (AvgIpc) is 2.96. The smallest absolute Gasteiger partial charge is 0.283 e. The van der Waals surface area contributed by atoms with E-state index in [1.54, 1.807) is 31.4 Å². The summed E-state index contributed by atoms with van der Waals surface area (Å²) in [7, 11) is 1.61. The van der Waals surface area contributed by atoms with Crippen molar-refractivity contribution in [1.82, 2.24) is 4.57 Å². The minimum Gasteiger partial charge on any atom is -0.493 e. The van der Waals surface area contributed by atoms with Crippen LogP contribution in [0.5, 0.6) is 5.75 Å². The molecular weight excluding hydrogens is 355 g/mol. The van der Waals surface area contributed by atoms with E-state index in [1.165, 1.54) is 23.5 Å². The van der Waals surface area contributed by atoms with Gasteiger partial charge in [0, 0.05) is 13.7 Å². The Morgan fingerprint density at radius 2 is 2.08 bits per heavy atom. The lowest BCUT2D eigenvalue weighted by Crippen LogP contribution is -2.19. The molecule has 0 spiro atoms. The third kappa shape index (κ3) is 3.84. The normalized spacial score (nSPS) is 11.9. The molecule has 0 saturated heterocycles. The summed E-state index contributed by atoms with van der Waals surface area (Å²) in [6.07, 6.45) is 0. The zero-order valence-corrected chi connectivity index (χ0v) is 15.4. The summed E-state index contributed by atoms with van der Waals surface area (Å²) in [4.78, 5) is 17.5. The van der Waals surface area contributed by atoms with Crippen molar-refractivity contribution in [3.8, 4) is 5.75 Å². The second kappa shape index (κ2) is 8.25. The fourth-order valence-corrected chi connectivity index (χ4v) is 3.68. The van der Waals surface area contributed by atoms with E-state index in [1.807, 2.05) is 17.6 Å². The van der Waals surface area contributed by atoms with Crippen molar-refractivity contribution in [3.05, 3.63) is 58.6 Å². The molecule has 26 heavy (non-hydrogen) atoms. The number of methoxy groups -OCH3 is 1. The van der Waals surface area contributed by atoms with Crippen LogP contribution in [0.4, 0.5) is 4.39 Å². The number of benzene rings is 2. The maximum Gasteiger partial charge on any atom is 0.283 e. The lowest BCUT2D eigenvalue weighted by molar-refractivity contribution is 0.0993. The lowest BCUT2D eigenvalue weighted by atomic mass is 10.2. The zero-order valence-electron chi connectivity index (χ0n) is 14.6. The predicted octanol–water partition coefficient (Wildman–Crippen LogP) is 3.63. The molecule has 0 aliphatic heterocycles. The average molecular weight is 374 g/mol. The Bertz CT molecular complexity index is 994. The number of carbonyl (C=O) groups is 1. The molecular formula is C19H19FN2O3S. The number of amides is 1. The van der Waals surface area contributed by atoms with E-state index in [4.69, 9.17) is 9.47 Å². The van der Waals surface area contributed by atoms with E-state index in [9.17, 15) is 9.18 Å². The number of aromatic nitrogens is 1. The summed E-state index contributed by atoms with van der Waals surface area (Å²) in [5, 5.41) is 0. The number of hydrogen-bond acceptors (Lipinski definition) is 4. The van der Waals surface area contributed by atoms with Gasteiger partial charge in [0.15, 0.2) is 4.80 Å². The molecule has 0 unspecified atom stereocenters. The van der Waals surface area contributed by atoms with Gasteiger partial charge in [-0.1, -0.05) is 23.5 Å². The summed E-state index contributed by atoms with van der Waals surface area (Å²) in [6, 6.07) is 11.5. The van der Waals surface area contributed by atoms with Crippen LogP contribution in [0.25, 0.3) is 10.2 Å². The molecule has 5 nitrogen and oxygen atoms in total. The van der Waals surface area contributed by atoms with Gasteiger partial charge in [0.2, 0.25) is 0 Å². The van der Waals surface area contributed by atoms with Crippen molar-refractivity contribution in [2.75, 3.05) is 20.3 Å². The Balaban J connectivity index is 2.10. The van der Waals surface area contributed by atoms with E-state index in [0.717, 1.165) is 10.2 Å². The maximum absolute atomic E-state index is 13.6. The Morgan fingerprint density at radius 3 is 2.85 bits per heavy atom. The lowest BCUT2D eigenvalue weighted by Gasteiger charge is -2.07. The highest BCUT2D eigenvalue weighted by Gasteiger charge is 2.13. The number of carbonyl (C=O) groups excluding carboxylic acids is 1. The summed E-state index contributed by atoms with van der Waals surface area (Å²) in [6.45, 7) is 3.29. The summed E-state index contributed by atoms with van der Waals surface area (Å²) < 4.78 is 26.8. The van der Waals surface area contributed by atoms with Gasteiger partial charge < -0.3 is 14.0 Å². The van der Waals surface area contributed by atoms with Crippen LogP contribution in [-0.4, -0.2) is 30.8 Å². The van der Waals surface area contributed by atoms with E-state index in [-0.39, 0.29) is 5.82 Å². The molecule has 1 heterocycles. The maximum atomic E-state index is 13.6. The van der Waals surface area contributed by atoms with Gasteiger partial charge in [0.05, 0.1) is 29.0 Å². The van der Waals surface area contributed by atoms with Crippen LogP contribution in [0.3, 0.4) is 0 Å². The van der Waals surface area contributed by atoms with E-state index in [0.29, 0.717) is 35.9 Å². The van der Waals surface area contributed by atoms with Crippen molar-refractivity contribution in [2.45, 2.75) is 13.5 Å². The first-order valence-corrected chi connectivity index (χ1v) is 9.04. The second-order valence-corrected chi connectivity index (χ2v) is 6.50. The minimum atomic E-state index is -0.396. The van der Waals surface area contributed by atoms with E-state index < -0.39 is 5.91 Å². The monoisotopic (exact) mass is 374 g/mol. The molecule has 0 atom stereocenters. The largest absolute Gasteiger partial charge is 0.493 e. The molecule has 3 rings (SSSR count). The molecule has 2 aromatic carbocycles. The molecule has 0 aliphatic carbocycles. The molecule has 1 amide bonds. The van der Waals surface area contributed by atoms with Crippen molar-refractivity contribution >= 4 is 27.5 Å². The first-order valence-electron chi connectivity index (χ1n) is 8.22. The van der Waals surface area contributed by atoms with Gasteiger partial charge in [-0.25, -0.2) is 4.39 Å². The number of fused-ring (bicyclic) bond motifs is 1. The van der Waals surface area contributed by atoms with Crippen molar-refractivity contribution < 1.29 is 18.7 Å². The van der Waals surface area contributed by atoms with Crippen LogP contribution in [0.1, 0.15) is 17.3 Å². The predicted molar refractivity (Wildman–Crippen MR) is 99.2 cm³/mol. The fourth-order valence-electron chi connectivity index (χ4n) is 2.60. The number of para-hydroxylation sites is 1. The van der Waals surface area contributed by atoms with E-state index >= 15 is 0 Å². The fraction of sp³-hybridized carbons (Fsp3) is 0.263. The van der Waals surface area contributed by atoms with Crippen LogP contribution in [0.15, 0.2) is 47.5 Å². The van der Waals surface area contributed by atoms with Gasteiger partial charge in [0.25, 0.3) is 5.91 Å². The summed E-state index contributed by atoms with van der Waals surface area (Å²) >= 11 is 1.27. The number of halogens is 1. The third-order valence-corrected chi connectivity index (χ3v) is 4.82. The second-order valence-electron chi connectivity index (χ2n) is 5.49. The molecule has 136 valence electrons. The van der Waals surface area contributed by atoms with Crippen molar-refractivity contribution in [2.24, 2.45) is 4.99 Å². The van der Waals surface area contributed by atoms with Gasteiger partial charge in [-0.05, 0) is 37.3 Å². The molecule has 0 fully saturated rings. The number of nitrogens with zero attached hydrogens (tertiary/aromatic N) is 2. The third-order valence-electron chi connectivity index (χ3n) is 3.78. The number of hydrogen-bond donors (Lipinski definition) is 0. The van der Waals surface area contributed by atoms with Crippen LogP contribution in [0, 0.1) is 5.82 Å². The quantitative estimate of drug-likeness (QED) is 0.662. The molecule has 7 heteroatoms. The summed E-state index contributed by atoms with van der Waals surface area (Å²) in [5.41, 5.74) is 1.22. The van der Waals surface area contributed by atoms with E-state index in [2.05, 4.69) is 4.99 Å². The molecule has 0 aliphatic rings. The van der Waals surface area contributed by atoms with Gasteiger partial charge in [-0.15, -0.1) is 0 Å². The molecule has 3 aromatic rings. The number of thiazole rings is 1. The van der Waals surface area contributed by atoms with Gasteiger partial charge in [-0.2, -0.15) is 4.99 Å². The highest BCUT2D eigenvalue weighted by molar-refractivity contribution is 7.16. The van der Waals surface area contributed by atoms with Crippen LogP contribution < -0.4 is 9.54 Å². The minimum absolute atomic E-state index is 0.322. The first-order chi connectivity index (χ1) is 12.6. The SMILES string of the molecule is CCOc1ccccc1C(=O)N=c1sc2cc(F)ccc2n1CCOC. The number of ether oxygens (including phenoxy) is 2. The van der Waals surface area contributed by atoms with Gasteiger partial charge in [-0.3, -0.25) is 4.79 Å². The molecule has 0 saturated carbocycles. The van der Waals surface area contributed by atoms with Gasteiger partial charge >= 0.3 is 0 Å². The molecule has 0 radical (unpaired) electrons.